The van der Waals surface area contributed by atoms with Gasteiger partial charge in [-0.1, -0.05) is 84.3 Å². The Kier molecular flexibility index (Phi) is 21.1. The summed E-state index contributed by atoms with van der Waals surface area (Å²) in [5.74, 6) is 7.60. The van der Waals surface area contributed by atoms with Crippen LogP contribution in [-0.2, 0) is 28.7 Å². The van der Waals surface area contributed by atoms with Crippen molar-refractivity contribution in [3.05, 3.63) is 45.1 Å². The van der Waals surface area contributed by atoms with Crippen molar-refractivity contribution in [1.82, 2.24) is 0 Å². The van der Waals surface area contributed by atoms with E-state index in [4.69, 9.17) is 15.6 Å². The van der Waals surface area contributed by atoms with E-state index in [0.717, 1.165) is 106 Å². The molecule has 0 amide bonds. The Morgan fingerprint density at radius 2 is 0.854 bits per heavy atom. The third-order valence-electron chi connectivity index (χ3n) is 29.3. The molecule has 0 aliphatic heterocycles. The van der Waals surface area contributed by atoms with Crippen molar-refractivity contribution in [2.75, 3.05) is 0 Å². The van der Waals surface area contributed by atoms with Crippen molar-refractivity contribution in [1.29, 1.82) is 0 Å². The number of nitrogens with two attached hydrogens (primary N) is 1. The molecule has 10 saturated carbocycles. The third kappa shape index (κ3) is 12.8. The number of aliphatic hydroxyl groups excluding tert-OH is 2. The number of esters is 1. The molecule has 9 unspecified atom stereocenters. The number of ether oxygens (including phenoxy) is 1. The summed E-state index contributed by atoms with van der Waals surface area (Å²) in [6.45, 7) is 24.0. The van der Waals surface area contributed by atoms with Crippen LogP contribution in [0.4, 0.5) is 0 Å². The first-order valence-electron chi connectivity index (χ1n) is 35.7. The summed E-state index contributed by atoms with van der Waals surface area (Å²) in [4.78, 5) is 69.4. The number of rotatable bonds is 8. The number of carboxylic acids is 1. The van der Waals surface area contributed by atoms with Gasteiger partial charge in [0.05, 0.1) is 18.1 Å². The summed E-state index contributed by atoms with van der Waals surface area (Å²) in [5.41, 5.74) is 12.2. The van der Waals surface area contributed by atoms with E-state index in [0.29, 0.717) is 77.5 Å². The maximum Gasteiger partial charge on any atom is 0.323 e. The molecule has 14 heteroatoms. The highest BCUT2D eigenvalue weighted by Gasteiger charge is 2.63. The van der Waals surface area contributed by atoms with Crippen LogP contribution in [-0.4, -0.2) is 79.9 Å². The fraction of sp³-hybridized carbons (Fsp3) is 0.853. The van der Waals surface area contributed by atoms with E-state index in [2.05, 4.69) is 59.8 Å². The van der Waals surface area contributed by atoms with Crippen LogP contribution < -0.4 is 5.73 Å². The van der Waals surface area contributed by atoms with Crippen LogP contribution >= 0.6 is 12.4 Å². The van der Waals surface area contributed by atoms with Crippen LogP contribution in [0.1, 0.15) is 256 Å². The SMILES string of the molecule is CC(=O)[C@H]1CCC2C3CCC4=C[C@@H](O)CC[C@]4(C)C3CC[C@@]21C.CC(=O)[C@H]1CCC2C3CCC4=C[C@H](O)CC[C@]4(C)C3CC[C@@]21C.CC(=O)[C@H]1CCC2C3CCC4=C[C@H](OC(=O)[C@@H](N)C(C)C)CC[C@]4(C)C3CC[C@@]21C.Cl.O=C(O)C1CCC([N+](=O)[O-])CC1. The first-order chi connectivity index (χ1) is 41.4. The topological polar surface area (TPSA) is 224 Å². The van der Waals surface area contributed by atoms with Crippen molar-refractivity contribution in [3.63, 3.8) is 0 Å². The van der Waals surface area contributed by atoms with Crippen LogP contribution in [0, 0.1) is 125 Å². The molecule has 10 fully saturated rings. The number of hydrogen-bond acceptors (Lipinski definition) is 11. The van der Waals surface area contributed by atoms with Crippen LogP contribution in [0.2, 0.25) is 0 Å². The number of allylic oxidation sites excluding steroid dienone is 3. The monoisotopic (exact) mass is 1260 g/mol. The van der Waals surface area contributed by atoms with Crippen molar-refractivity contribution < 1.29 is 49.0 Å². The summed E-state index contributed by atoms with van der Waals surface area (Å²) in [6, 6.07) is -1.05. The Balaban J connectivity index is 0.000000146. The molecule has 0 aromatic carbocycles. The highest BCUT2D eigenvalue weighted by atomic mass is 35.5. The predicted octanol–water partition coefficient (Wildman–Crippen LogP) is 15.4. The number of carbonyl (C=O) groups is 5. The summed E-state index contributed by atoms with van der Waals surface area (Å²) in [6.07, 6.45) is 35.7. The lowest BCUT2D eigenvalue weighted by molar-refractivity contribution is -0.526. The summed E-state index contributed by atoms with van der Waals surface area (Å²) in [7, 11) is 0. The first kappa shape index (κ1) is 70.1. The van der Waals surface area contributed by atoms with E-state index >= 15 is 0 Å². The molecule has 0 heterocycles. The zero-order valence-electron chi connectivity index (χ0n) is 56.5. The van der Waals surface area contributed by atoms with Crippen molar-refractivity contribution in [3.8, 4) is 0 Å². The van der Waals surface area contributed by atoms with Gasteiger partial charge in [0.25, 0.3) is 0 Å². The molecule has 0 bridgehead atoms. The second kappa shape index (κ2) is 26.9. The van der Waals surface area contributed by atoms with Gasteiger partial charge in [-0.25, -0.2) is 0 Å². The Bertz CT molecular complexity index is 2630. The van der Waals surface area contributed by atoms with Gasteiger partial charge in [0.1, 0.15) is 29.5 Å². The van der Waals surface area contributed by atoms with Gasteiger partial charge in [-0.05, 0) is 285 Å². The molecule has 0 aromatic heterocycles. The molecule has 13 nitrogen and oxygen atoms in total. The van der Waals surface area contributed by atoms with E-state index in [1.54, 1.807) is 18.1 Å². The van der Waals surface area contributed by atoms with Gasteiger partial charge in [0.2, 0.25) is 6.04 Å². The Hall–Kier alpha value is -3.26. The van der Waals surface area contributed by atoms with Crippen LogP contribution in [0.3, 0.4) is 0 Å². The second-order valence-electron chi connectivity index (χ2n) is 33.6. The smallest absolute Gasteiger partial charge is 0.323 e. The van der Waals surface area contributed by atoms with Gasteiger partial charge in [-0.3, -0.25) is 34.1 Å². The quantitative estimate of drug-likeness (QED) is 0.0771. The molecular formula is C75H117ClN2O11. The molecule has 89 heavy (non-hydrogen) atoms. The maximum atomic E-state index is 12.4. The second-order valence-corrected chi connectivity index (χ2v) is 33.6. The van der Waals surface area contributed by atoms with E-state index in [9.17, 15) is 44.3 Å². The fourth-order valence-electron chi connectivity index (χ4n) is 24.2. The molecule has 13 rings (SSSR count). The van der Waals surface area contributed by atoms with Gasteiger partial charge in [-0.2, -0.15) is 0 Å². The number of nitrogens with zero attached hydrogens (tertiary/aromatic N) is 1. The zero-order valence-corrected chi connectivity index (χ0v) is 57.4. The standard InChI is InChI=1S/C26H41NO3.2C21H32O2.C7H11NO4.ClH/c1-15(2)23(27)24(29)30-18-10-12-25(4)17(14-18)6-7-19-21-9-8-20(16(3)28)26(21,5)13-11-22(19)25;2*1-13(22)17-6-7-18-16-5-4-14-12-15(23)8-10-20(14,2)19(16)9-11-21(17,18)3;9-7(10)5-1-3-6(4-2-5)8(11)12;/h14-15,18-23H,6-13,27H2,1-5H3;2*12,15-19,23H,4-11H2,1-3H3;5-6H,1-4H2,(H,9,10);1H/t18-,19?,20-,21?,22?,23+,25+,26-;15-,16?,17+,18?,19?,20-,21+;15-,16?,17-,18?,19?,20+,21-;;/m101../s1. The summed E-state index contributed by atoms with van der Waals surface area (Å²) < 4.78 is 5.79. The minimum atomic E-state index is -0.822. The third-order valence-corrected chi connectivity index (χ3v) is 29.3. The maximum absolute atomic E-state index is 12.4. The number of carbonyl (C=O) groups excluding carboxylic acids is 4. The van der Waals surface area contributed by atoms with Crippen molar-refractivity contribution in [2.24, 2.45) is 121 Å². The normalized spacial score (nSPS) is 45.7. The lowest BCUT2D eigenvalue weighted by Gasteiger charge is -2.58. The molecule has 500 valence electrons. The van der Waals surface area contributed by atoms with Crippen LogP contribution in [0.15, 0.2) is 34.9 Å². The highest BCUT2D eigenvalue weighted by Crippen LogP contribution is 2.70. The number of aliphatic hydroxyl groups is 2. The first-order valence-corrected chi connectivity index (χ1v) is 35.7. The summed E-state index contributed by atoms with van der Waals surface area (Å²) >= 11 is 0. The molecule has 0 saturated heterocycles. The Labute approximate surface area is 540 Å². The number of halogens is 1. The molecule has 13 aliphatic carbocycles. The zero-order chi connectivity index (χ0) is 63.8. The van der Waals surface area contributed by atoms with Crippen LogP contribution in [0.25, 0.3) is 0 Å². The minimum absolute atomic E-state index is 0. The fourth-order valence-corrected chi connectivity index (χ4v) is 24.2. The number of nitro groups is 1. The largest absolute Gasteiger partial charge is 0.481 e. The molecule has 13 aliphatic rings. The van der Waals surface area contributed by atoms with E-state index in [1.807, 2.05) is 27.7 Å². The lowest BCUT2D eigenvalue weighted by Crippen LogP contribution is -2.51. The lowest BCUT2D eigenvalue weighted by atomic mass is 9.46. The molecule has 0 aromatic rings. The Morgan fingerprint density at radius 3 is 1.18 bits per heavy atom. The van der Waals surface area contributed by atoms with Crippen molar-refractivity contribution >= 4 is 41.7 Å². The number of hydrogen-bond donors (Lipinski definition) is 4. The minimum Gasteiger partial charge on any atom is -0.481 e. The number of aliphatic carboxylic acids is 1. The van der Waals surface area contributed by atoms with E-state index in [-0.39, 0.29) is 81.0 Å². The van der Waals surface area contributed by atoms with Gasteiger partial charge in [0, 0.05) is 35.5 Å². The molecule has 0 spiro atoms. The number of ketones is 3. The summed E-state index contributed by atoms with van der Waals surface area (Å²) in [5, 5.41) is 38.9. The Morgan fingerprint density at radius 1 is 0.506 bits per heavy atom. The van der Waals surface area contributed by atoms with Crippen LogP contribution in [0.5, 0.6) is 0 Å². The van der Waals surface area contributed by atoms with E-state index in [1.165, 1.54) is 95.5 Å². The van der Waals surface area contributed by atoms with Gasteiger partial charge < -0.3 is 25.8 Å². The van der Waals surface area contributed by atoms with Gasteiger partial charge in [0.15, 0.2) is 0 Å². The average molecular weight is 1260 g/mol. The molecular weight excluding hydrogens is 1140 g/mol. The van der Waals surface area contributed by atoms with E-state index < -0.39 is 18.1 Å². The highest BCUT2D eigenvalue weighted by molar-refractivity contribution is 5.85. The van der Waals surface area contributed by atoms with Crippen molar-refractivity contribution in [2.45, 2.75) is 286 Å². The molecule has 22 atom stereocenters. The van der Waals surface area contributed by atoms with Gasteiger partial charge >= 0.3 is 11.9 Å². The molecule has 5 N–H and O–H groups in total. The average Bonchev–Trinajstić information content (AvgIpc) is 1.72. The predicted molar refractivity (Wildman–Crippen MR) is 350 cm³/mol. The number of Topliss-reactive ketones (excluding diaryl/α,β-unsaturated/α-hetero) is 3. The number of carboxylic acid groups (broad SMARTS) is 1. The number of fused-ring (bicyclic) bond motifs is 15. The van der Waals surface area contributed by atoms with Gasteiger partial charge in [-0.15, -0.1) is 12.4 Å². The molecule has 0 radical (unpaired) electrons.